The van der Waals surface area contributed by atoms with Gasteiger partial charge in [-0.2, -0.15) is 4.98 Å². The molecule has 8 nitrogen and oxygen atoms in total. The monoisotopic (exact) mass is 591 g/mol. The van der Waals surface area contributed by atoms with Crippen LogP contribution < -0.4 is 10.2 Å². The van der Waals surface area contributed by atoms with Gasteiger partial charge in [0, 0.05) is 20.2 Å². The minimum atomic E-state index is -1.27. The van der Waals surface area contributed by atoms with Crippen LogP contribution in [0.1, 0.15) is 36.0 Å². The topological polar surface area (TPSA) is 98.9 Å². The van der Waals surface area contributed by atoms with Gasteiger partial charge in [-0.05, 0) is 66.5 Å². The molecule has 214 valence electrons. The molecular formula is C30H35BClN3O5Si. The van der Waals surface area contributed by atoms with E-state index in [1.165, 1.54) is 0 Å². The van der Waals surface area contributed by atoms with E-state index in [4.69, 9.17) is 35.7 Å². The summed E-state index contributed by atoms with van der Waals surface area (Å²) in [6, 6.07) is 14.8. The number of halogens is 1. The summed E-state index contributed by atoms with van der Waals surface area (Å²) in [7, 11) is -2.24. The Morgan fingerprint density at radius 1 is 1.12 bits per heavy atom. The predicted octanol–water partition coefficient (Wildman–Crippen LogP) is 5.75. The average molecular weight is 592 g/mol. The molecule has 2 aromatic carbocycles. The summed E-state index contributed by atoms with van der Waals surface area (Å²) in [5.41, 5.74) is 5.36. The first-order valence-electron chi connectivity index (χ1n) is 14.1. The third-order valence-corrected chi connectivity index (χ3v) is 10.0. The third-order valence-electron chi connectivity index (χ3n) is 8.05. The second kappa shape index (κ2) is 10.8. The fraction of sp³-hybridized carbons (Fsp3) is 0.400. The summed E-state index contributed by atoms with van der Waals surface area (Å²) in [5.74, 6) is 0.572. The molecule has 1 aliphatic carbocycles. The number of benzene rings is 2. The molecule has 1 aliphatic heterocycles. The molecule has 0 bridgehead atoms. The maximum absolute atomic E-state index is 10.7. The van der Waals surface area contributed by atoms with Crippen molar-refractivity contribution < 1.29 is 24.3 Å². The van der Waals surface area contributed by atoms with E-state index in [0.717, 1.165) is 47.6 Å². The summed E-state index contributed by atoms with van der Waals surface area (Å²) in [6.07, 6.45) is 2.61. The Balaban J connectivity index is 1.35. The molecule has 2 aliphatic rings. The van der Waals surface area contributed by atoms with Crippen LogP contribution in [0.5, 0.6) is 11.8 Å². The molecule has 0 radical (unpaired) electrons. The molecule has 0 saturated heterocycles. The Morgan fingerprint density at radius 2 is 1.88 bits per heavy atom. The van der Waals surface area contributed by atoms with Crippen molar-refractivity contribution in [1.29, 1.82) is 0 Å². The van der Waals surface area contributed by atoms with Crippen molar-refractivity contribution in [3.63, 3.8) is 0 Å². The SMILES string of the molecule is Cc1cc2c(cc1Oc1nc3nc(-c4ccc(C5(O)CCC5)cc4)c(Cl)cc3n1COCC[Si](C)(C)C)B(O)OC2. The molecule has 0 spiro atoms. The van der Waals surface area contributed by atoms with E-state index < -0.39 is 20.8 Å². The molecule has 0 amide bonds. The van der Waals surface area contributed by atoms with Crippen LogP contribution in [0.3, 0.4) is 0 Å². The number of hydrogen-bond acceptors (Lipinski definition) is 7. The van der Waals surface area contributed by atoms with E-state index in [9.17, 15) is 10.1 Å². The van der Waals surface area contributed by atoms with Gasteiger partial charge in [-0.3, -0.25) is 4.57 Å². The zero-order chi connectivity index (χ0) is 28.9. The number of rotatable bonds is 9. The molecule has 6 rings (SSSR count). The zero-order valence-corrected chi connectivity index (χ0v) is 25.7. The first-order valence-corrected chi connectivity index (χ1v) is 18.2. The highest BCUT2D eigenvalue weighted by Crippen LogP contribution is 2.42. The number of aliphatic hydroxyl groups is 1. The van der Waals surface area contributed by atoms with Crippen LogP contribution in [0.4, 0.5) is 0 Å². The summed E-state index contributed by atoms with van der Waals surface area (Å²) in [5, 5.41) is 21.4. The van der Waals surface area contributed by atoms with Gasteiger partial charge in [0.1, 0.15) is 12.5 Å². The predicted molar refractivity (Wildman–Crippen MR) is 163 cm³/mol. The lowest BCUT2D eigenvalue weighted by Gasteiger charge is -2.37. The van der Waals surface area contributed by atoms with Gasteiger partial charge in [-0.15, -0.1) is 0 Å². The van der Waals surface area contributed by atoms with Crippen LogP contribution in [0, 0.1) is 6.92 Å². The Hall–Kier alpha value is -2.73. The molecule has 2 N–H and O–H groups in total. The van der Waals surface area contributed by atoms with E-state index >= 15 is 0 Å². The summed E-state index contributed by atoms with van der Waals surface area (Å²) in [6.45, 7) is 10.1. The second-order valence-corrected chi connectivity index (χ2v) is 18.4. The third kappa shape index (κ3) is 5.69. The molecular weight excluding hydrogens is 557 g/mol. The Kier molecular flexibility index (Phi) is 7.50. The average Bonchev–Trinajstić information content (AvgIpc) is 3.43. The maximum atomic E-state index is 10.7. The standard InChI is InChI=1S/C30H35BClN3O5Si/c1-19-14-21-17-39-31(37)23(21)15-26(19)40-29-34-28-25(35(29)18-38-12-13-41(2,3)4)16-24(32)27(33-28)20-6-8-22(9-7-20)30(36)10-5-11-30/h6-9,14-16,36-37H,5,10-13,17-18H2,1-4H3. The van der Waals surface area contributed by atoms with Gasteiger partial charge in [0.2, 0.25) is 0 Å². The molecule has 1 fully saturated rings. The van der Waals surface area contributed by atoms with Crippen molar-refractivity contribution in [2.45, 2.75) is 70.8 Å². The molecule has 0 atom stereocenters. The van der Waals surface area contributed by atoms with E-state index in [1.54, 1.807) is 0 Å². The smallest absolute Gasteiger partial charge is 0.425 e. The fourth-order valence-corrected chi connectivity index (χ4v) is 6.28. The van der Waals surface area contributed by atoms with Crippen molar-refractivity contribution in [3.05, 3.63) is 64.2 Å². The number of fused-ring (bicyclic) bond motifs is 2. The zero-order valence-electron chi connectivity index (χ0n) is 23.9. The minimum Gasteiger partial charge on any atom is -0.425 e. The maximum Gasteiger partial charge on any atom is 0.491 e. The van der Waals surface area contributed by atoms with E-state index in [2.05, 4.69) is 19.6 Å². The number of ether oxygens (including phenoxy) is 2. The van der Waals surface area contributed by atoms with Crippen molar-refractivity contribution in [2.24, 2.45) is 0 Å². The number of aryl methyl sites for hydroxylation is 1. The van der Waals surface area contributed by atoms with Crippen LogP contribution in [-0.4, -0.2) is 46.5 Å². The number of aromatic nitrogens is 3. The molecule has 0 unspecified atom stereocenters. The molecule has 2 aromatic heterocycles. The number of nitrogens with zero attached hydrogens (tertiary/aromatic N) is 3. The summed E-state index contributed by atoms with van der Waals surface area (Å²) in [4.78, 5) is 9.60. The normalized spacial score (nSPS) is 16.2. The molecule has 1 saturated carbocycles. The quantitative estimate of drug-likeness (QED) is 0.189. The van der Waals surface area contributed by atoms with Gasteiger partial charge in [0.05, 0.1) is 28.4 Å². The van der Waals surface area contributed by atoms with Gasteiger partial charge in [-0.25, -0.2) is 4.98 Å². The lowest BCUT2D eigenvalue weighted by molar-refractivity contribution is -0.0387. The highest BCUT2D eigenvalue weighted by atomic mass is 35.5. The van der Waals surface area contributed by atoms with Crippen molar-refractivity contribution in [1.82, 2.24) is 14.5 Å². The number of imidazole rings is 1. The molecule has 4 aromatic rings. The van der Waals surface area contributed by atoms with Gasteiger partial charge in [0.25, 0.3) is 0 Å². The lowest BCUT2D eigenvalue weighted by Crippen LogP contribution is -2.33. The van der Waals surface area contributed by atoms with Crippen molar-refractivity contribution in [2.75, 3.05) is 6.61 Å². The van der Waals surface area contributed by atoms with Gasteiger partial charge >= 0.3 is 13.1 Å². The van der Waals surface area contributed by atoms with Crippen LogP contribution in [0.25, 0.3) is 22.4 Å². The van der Waals surface area contributed by atoms with Crippen LogP contribution in [-0.2, 0) is 28.3 Å². The number of pyridine rings is 1. The van der Waals surface area contributed by atoms with Gasteiger partial charge in [0.15, 0.2) is 5.65 Å². The minimum absolute atomic E-state index is 0.233. The molecule has 41 heavy (non-hydrogen) atoms. The largest absolute Gasteiger partial charge is 0.491 e. The van der Waals surface area contributed by atoms with Gasteiger partial charge < -0.3 is 24.3 Å². The van der Waals surface area contributed by atoms with Crippen molar-refractivity contribution in [3.8, 4) is 23.0 Å². The van der Waals surface area contributed by atoms with E-state index in [1.807, 2.05) is 54.0 Å². The Morgan fingerprint density at radius 3 is 2.56 bits per heavy atom. The number of hydrogen-bond donors (Lipinski definition) is 2. The van der Waals surface area contributed by atoms with Crippen LogP contribution >= 0.6 is 11.6 Å². The van der Waals surface area contributed by atoms with E-state index in [-0.39, 0.29) is 6.73 Å². The first-order chi connectivity index (χ1) is 19.5. The summed E-state index contributed by atoms with van der Waals surface area (Å²) >= 11 is 6.80. The van der Waals surface area contributed by atoms with Gasteiger partial charge in [-0.1, -0.05) is 61.6 Å². The lowest BCUT2D eigenvalue weighted by atomic mass is 9.75. The second-order valence-electron chi connectivity index (χ2n) is 12.4. The Bertz CT molecular complexity index is 1600. The highest BCUT2D eigenvalue weighted by Gasteiger charge is 2.36. The fourth-order valence-electron chi connectivity index (χ4n) is 5.27. The van der Waals surface area contributed by atoms with E-state index in [0.29, 0.717) is 52.3 Å². The molecule has 3 heterocycles. The summed E-state index contributed by atoms with van der Waals surface area (Å²) < 4.78 is 19.7. The highest BCUT2D eigenvalue weighted by molar-refractivity contribution is 6.76. The van der Waals surface area contributed by atoms with Crippen LogP contribution in [0.2, 0.25) is 30.7 Å². The first kappa shape index (κ1) is 28.4. The Labute approximate surface area is 246 Å². The van der Waals surface area contributed by atoms with Crippen molar-refractivity contribution >= 4 is 43.4 Å². The molecule has 11 heteroatoms. The van der Waals surface area contributed by atoms with Crippen LogP contribution in [0.15, 0.2) is 42.5 Å².